The minimum Gasteiger partial charge on any atom is -0.493 e. The lowest BCUT2D eigenvalue weighted by atomic mass is 9.95. The van der Waals surface area contributed by atoms with Crippen LogP contribution >= 0.6 is 39.5 Å². The molecule has 1 heterocycles. The normalized spacial score (nSPS) is 12.8. The predicted octanol–water partition coefficient (Wildman–Crippen LogP) is 4.01. The molecule has 0 radical (unpaired) electrons. The second kappa shape index (κ2) is 9.02. The van der Waals surface area contributed by atoms with Crippen molar-refractivity contribution >= 4 is 61.4 Å². The van der Waals surface area contributed by atoms with Crippen LogP contribution in [0.4, 0.5) is 5.00 Å². The molecule has 0 saturated carbocycles. The minimum atomic E-state index is -0.485. The Bertz CT molecular complexity index is 943. The summed E-state index contributed by atoms with van der Waals surface area (Å²) in [6, 6.07) is 5.19. The number of fused-ring (bicyclic) bond motifs is 1. The topological polar surface area (TPSA) is 93.4 Å². The number of rotatable bonds is 5. The molecule has 1 aromatic heterocycles. The zero-order valence-electron chi connectivity index (χ0n) is 15.3. The van der Waals surface area contributed by atoms with Crippen molar-refractivity contribution in [1.29, 1.82) is 0 Å². The van der Waals surface area contributed by atoms with Gasteiger partial charge in [-0.05, 0) is 68.6 Å². The monoisotopic (exact) mass is 481 g/mol. The molecule has 0 atom stereocenters. The van der Waals surface area contributed by atoms with Crippen molar-refractivity contribution in [2.45, 2.75) is 32.6 Å². The number of thiophene rings is 1. The van der Waals surface area contributed by atoms with Gasteiger partial charge in [-0.25, -0.2) is 0 Å². The first-order valence-electron chi connectivity index (χ1n) is 8.89. The molecule has 9 heteroatoms. The first kappa shape index (κ1) is 20.8. The summed E-state index contributed by atoms with van der Waals surface area (Å²) in [6.07, 6.45) is 3.89. The molecular weight excluding hydrogens is 462 g/mol. The molecule has 3 rings (SSSR count). The van der Waals surface area contributed by atoms with Gasteiger partial charge in [-0.2, -0.15) is 0 Å². The predicted molar refractivity (Wildman–Crippen MR) is 118 cm³/mol. The summed E-state index contributed by atoms with van der Waals surface area (Å²) in [5.74, 6) is -0.416. The van der Waals surface area contributed by atoms with Crippen molar-refractivity contribution < 1.29 is 14.3 Å². The Hall–Kier alpha value is -1.97. The molecule has 2 aromatic rings. The fourth-order valence-corrected chi connectivity index (χ4v) is 5.10. The quantitative estimate of drug-likeness (QED) is 0.560. The maximum atomic E-state index is 12.7. The van der Waals surface area contributed by atoms with Gasteiger partial charge in [-0.1, -0.05) is 15.9 Å². The Morgan fingerprint density at radius 3 is 2.79 bits per heavy atom. The van der Waals surface area contributed by atoms with Gasteiger partial charge >= 0.3 is 0 Å². The number of carbonyl (C=O) groups is 2. The van der Waals surface area contributed by atoms with E-state index >= 15 is 0 Å². The molecule has 1 aromatic carbocycles. The van der Waals surface area contributed by atoms with Crippen LogP contribution in [0.25, 0.3) is 0 Å². The fraction of sp³-hybridized carbons (Fsp3) is 0.316. The van der Waals surface area contributed by atoms with Gasteiger partial charge in [0.05, 0.1) is 17.7 Å². The van der Waals surface area contributed by atoms with Crippen LogP contribution in [-0.4, -0.2) is 23.5 Å². The number of thiocarbonyl (C=S) groups is 1. The van der Waals surface area contributed by atoms with E-state index in [-0.39, 0.29) is 5.11 Å². The van der Waals surface area contributed by atoms with E-state index in [1.165, 1.54) is 11.3 Å². The number of hydrogen-bond donors (Lipinski definition) is 3. The van der Waals surface area contributed by atoms with Gasteiger partial charge in [0.2, 0.25) is 0 Å². The summed E-state index contributed by atoms with van der Waals surface area (Å²) in [6.45, 7) is 2.28. The molecule has 4 N–H and O–H groups in total. The fourth-order valence-electron chi connectivity index (χ4n) is 3.18. The molecule has 0 spiro atoms. The number of ether oxygens (including phenoxy) is 1. The van der Waals surface area contributed by atoms with Crippen molar-refractivity contribution in [3.05, 3.63) is 44.2 Å². The van der Waals surface area contributed by atoms with E-state index in [4.69, 9.17) is 22.7 Å². The lowest BCUT2D eigenvalue weighted by Crippen LogP contribution is -2.34. The summed E-state index contributed by atoms with van der Waals surface area (Å²) in [7, 11) is 0. The zero-order chi connectivity index (χ0) is 20.3. The average Bonchev–Trinajstić information content (AvgIpc) is 3.01. The molecule has 2 amide bonds. The van der Waals surface area contributed by atoms with Crippen LogP contribution in [-0.2, 0) is 12.8 Å². The average molecular weight is 482 g/mol. The minimum absolute atomic E-state index is 0.105. The van der Waals surface area contributed by atoms with E-state index in [1.807, 2.05) is 6.92 Å². The highest BCUT2D eigenvalue weighted by atomic mass is 79.9. The van der Waals surface area contributed by atoms with Gasteiger partial charge in [0.1, 0.15) is 10.8 Å². The summed E-state index contributed by atoms with van der Waals surface area (Å²) in [5, 5.41) is 6.32. The van der Waals surface area contributed by atoms with Gasteiger partial charge in [0, 0.05) is 9.35 Å². The molecular formula is C19H20BrN3O3S2. The molecule has 1 aliphatic carbocycles. The van der Waals surface area contributed by atoms with E-state index in [0.29, 0.717) is 28.5 Å². The summed E-state index contributed by atoms with van der Waals surface area (Å²) in [4.78, 5) is 25.8. The SMILES string of the molecule is CCOc1ccc(Br)cc1C(=O)NC(=S)Nc1sc2c(c1C(N)=O)CCCC2. The molecule has 1 aliphatic rings. The molecule has 148 valence electrons. The number of aryl methyl sites for hydroxylation is 1. The lowest BCUT2D eigenvalue weighted by Gasteiger charge is -2.13. The number of amides is 2. The van der Waals surface area contributed by atoms with Crippen LogP contribution in [0.3, 0.4) is 0 Å². The number of nitrogens with two attached hydrogens (primary N) is 1. The van der Waals surface area contributed by atoms with Crippen LogP contribution in [0, 0.1) is 0 Å². The van der Waals surface area contributed by atoms with Gasteiger partial charge < -0.3 is 15.8 Å². The van der Waals surface area contributed by atoms with Crippen molar-refractivity contribution in [2.75, 3.05) is 11.9 Å². The van der Waals surface area contributed by atoms with Crippen molar-refractivity contribution in [3.8, 4) is 5.75 Å². The van der Waals surface area contributed by atoms with Gasteiger partial charge in [0.15, 0.2) is 5.11 Å². The summed E-state index contributed by atoms with van der Waals surface area (Å²) in [5.41, 5.74) is 7.44. The third-order valence-electron chi connectivity index (χ3n) is 4.36. The largest absolute Gasteiger partial charge is 0.493 e. The second-order valence-corrected chi connectivity index (χ2v) is 8.69. The van der Waals surface area contributed by atoms with Crippen LogP contribution in [0.5, 0.6) is 5.75 Å². The standard InChI is InChI=1S/C19H20BrN3O3S2/c1-2-26-13-8-7-10(20)9-12(13)17(25)22-19(27)23-18-15(16(21)24)11-5-3-4-6-14(11)28-18/h7-9H,2-6H2,1H3,(H2,21,24)(H2,22,23,25,27). The Morgan fingerprint density at radius 1 is 1.32 bits per heavy atom. The maximum absolute atomic E-state index is 12.7. The maximum Gasteiger partial charge on any atom is 0.261 e. The van der Waals surface area contributed by atoms with E-state index in [1.54, 1.807) is 18.2 Å². The highest BCUT2D eigenvalue weighted by molar-refractivity contribution is 9.10. The molecule has 28 heavy (non-hydrogen) atoms. The Labute approximate surface area is 181 Å². The van der Waals surface area contributed by atoms with E-state index in [2.05, 4.69) is 26.6 Å². The highest BCUT2D eigenvalue weighted by Crippen LogP contribution is 2.37. The molecule has 0 bridgehead atoms. The first-order valence-corrected chi connectivity index (χ1v) is 10.9. The molecule has 6 nitrogen and oxygen atoms in total. The highest BCUT2D eigenvalue weighted by Gasteiger charge is 2.25. The third-order valence-corrected chi connectivity index (χ3v) is 6.26. The molecule has 0 unspecified atom stereocenters. The Kier molecular flexibility index (Phi) is 6.69. The number of halogens is 1. The molecule has 0 fully saturated rings. The van der Waals surface area contributed by atoms with Crippen molar-refractivity contribution in [2.24, 2.45) is 5.73 Å². The summed E-state index contributed by atoms with van der Waals surface area (Å²) < 4.78 is 6.27. The third kappa shape index (κ3) is 4.53. The number of benzene rings is 1. The molecule has 0 saturated heterocycles. The van der Waals surface area contributed by atoms with Crippen LogP contribution in [0.2, 0.25) is 0 Å². The van der Waals surface area contributed by atoms with Crippen molar-refractivity contribution in [3.63, 3.8) is 0 Å². The smallest absolute Gasteiger partial charge is 0.261 e. The Balaban J connectivity index is 1.78. The number of hydrogen-bond acceptors (Lipinski definition) is 5. The van der Waals surface area contributed by atoms with Crippen molar-refractivity contribution in [1.82, 2.24) is 5.32 Å². The van der Waals surface area contributed by atoms with Gasteiger partial charge in [-0.15, -0.1) is 11.3 Å². The van der Waals surface area contributed by atoms with E-state index < -0.39 is 11.8 Å². The van der Waals surface area contributed by atoms with Crippen LogP contribution < -0.4 is 21.1 Å². The number of carbonyl (C=O) groups excluding carboxylic acids is 2. The van der Waals surface area contributed by atoms with Gasteiger partial charge in [-0.3, -0.25) is 14.9 Å². The van der Waals surface area contributed by atoms with E-state index in [0.717, 1.165) is 40.6 Å². The van der Waals surface area contributed by atoms with Crippen LogP contribution in [0.1, 0.15) is 50.9 Å². The lowest BCUT2D eigenvalue weighted by molar-refractivity contribution is 0.0972. The van der Waals surface area contributed by atoms with E-state index in [9.17, 15) is 9.59 Å². The zero-order valence-corrected chi connectivity index (χ0v) is 18.5. The number of primary amides is 1. The Morgan fingerprint density at radius 2 is 2.07 bits per heavy atom. The molecule has 0 aliphatic heterocycles. The van der Waals surface area contributed by atoms with Gasteiger partial charge in [0.25, 0.3) is 11.8 Å². The summed E-state index contributed by atoms with van der Waals surface area (Å²) >= 11 is 10.1. The first-order chi connectivity index (χ1) is 13.4. The number of anilines is 1. The number of nitrogens with one attached hydrogen (secondary N) is 2. The second-order valence-electron chi connectivity index (χ2n) is 6.26. The van der Waals surface area contributed by atoms with Crippen LogP contribution in [0.15, 0.2) is 22.7 Å².